The van der Waals surface area contributed by atoms with Crippen LogP contribution in [0, 0.1) is 0 Å². The van der Waals surface area contributed by atoms with E-state index in [0.29, 0.717) is 18.0 Å². The number of benzene rings is 1. The van der Waals surface area contributed by atoms with Gasteiger partial charge in [-0.1, -0.05) is 6.07 Å². The molecule has 1 amide bonds. The molecule has 114 valence electrons. The van der Waals surface area contributed by atoms with Crippen LogP contribution < -0.4 is 10.6 Å². The van der Waals surface area contributed by atoms with E-state index in [9.17, 15) is 13.2 Å². The topological polar surface area (TPSA) is 78.5 Å². The first-order valence-electron chi connectivity index (χ1n) is 7.21. The molecule has 1 aromatic carbocycles. The molecule has 0 saturated carbocycles. The highest BCUT2D eigenvalue weighted by Crippen LogP contribution is 2.27. The average molecular weight is 309 g/mol. The molecule has 0 aromatic heterocycles. The van der Waals surface area contributed by atoms with Gasteiger partial charge in [0.2, 0.25) is 15.9 Å². The van der Waals surface area contributed by atoms with E-state index in [1.54, 1.807) is 12.1 Å². The lowest BCUT2D eigenvalue weighted by molar-refractivity contribution is -0.120. The summed E-state index contributed by atoms with van der Waals surface area (Å²) in [6.45, 7) is 1.79. The van der Waals surface area contributed by atoms with E-state index in [1.807, 2.05) is 6.07 Å². The first-order valence-corrected chi connectivity index (χ1v) is 8.65. The van der Waals surface area contributed by atoms with Gasteiger partial charge in [0.25, 0.3) is 0 Å². The summed E-state index contributed by atoms with van der Waals surface area (Å²) in [5.74, 6) is -0.0974. The van der Waals surface area contributed by atoms with Crippen LogP contribution in [0.25, 0.3) is 0 Å². The van der Waals surface area contributed by atoms with Crippen LogP contribution in [0.3, 0.4) is 0 Å². The molecule has 7 heteroatoms. The largest absolute Gasteiger partial charge is 0.385 e. The predicted octanol–water partition coefficient (Wildman–Crippen LogP) is 0.555. The van der Waals surface area contributed by atoms with Gasteiger partial charge in [0.15, 0.2) is 0 Å². The maximum atomic E-state index is 12.7. The number of amides is 1. The van der Waals surface area contributed by atoms with Gasteiger partial charge in [-0.2, -0.15) is 4.31 Å². The van der Waals surface area contributed by atoms with Crippen molar-refractivity contribution in [3.63, 3.8) is 0 Å². The summed E-state index contributed by atoms with van der Waals surface area (Å²) in [6, 6.07) is 5.26. The van der Waals surface area contributed by atoms with Crippen molar-refractivity contribution in [3.8, 4) is 0 Å². The Morgan fingerprint density at radius 1 is 1.05 bits per heavy atom. The zero-order chi connectivity index (χ0) is 14.9. The van der Waals surface area contributed by atoms with Crippen molar-refractivity contribution < 1.29 is 13.2 Å². The predicted molar refractivity (Wildman–Crippen MR) is 79.6 cm³/mol. The Balaban J connectivity index is 1.89. The van der Waals surface area contributed by atoms with Crippen molar-refractivity contribution in [2.45, 2.75) is 24.2 Å². The molecule has 0 unspecified atom stereocenters. The van der Waals surface area contributed by atoms with Crippen molar-refractivity contribution in [2.24, 2.45) is 0 Å². The first kappa shape index (κ1) is 14.3. The Morgan fingerprint density at radius 3 is 2.76 bits per heavy atom. The smallest absolute Gasteiger partial charge is 0.243 e. The van der Waals surface area contributed by atoms with Gasteiger partial charge in [-0.25, -0.2) is 8.42 Å². The number of carbonyl (C=O) groups is 1. The summed E-state index contributed by atoms with van der Waals surface area (Å²) in [4.78, 5) is 11.6. The normalized spacial score (nSPS) is 20.1. The summed E-state index contributed by atoms with van der Waals surface area (Å²) in [5, 5.41) is 5.94. The molecule has 2 N–H and O–H groups in total. The van der Waals surface area contributed by atoms with E-state index < -0.39 is 10.0 Å². The molecule has 2 aliphatic heterocycles. The molecule has 2 heterocycles. The maximum Gasteiger partial charge on any atom is 0.243 e. The number of hydrogen-bond donors (Lipinski definition) is 2. The molecule has 1 aromatic rings. The van der Waals surface area contributed by atoms with Crippen LogP contribution in [0.2, 0.25) is 0 Å². The van der Waals surface area contributed by atoms with Crippen molar-refractivity contribution in [1.29, 1.82) is 0 Å². The van der Waals surface area contributed by atoms with Gasteiger partial charge in [-0.15, -0.1) is 0 Å². The Morgan fingerprint density at radius 2 is 1.90 bits per heavy atom. The molecule has 0 atom stereocenters. The fourth-order valence-corrected chi connectivity index (χ4v) is 4.20. The van der Waals surface area contributed by atoms with Gasteiger partial charge in [-0.3, -0.25) is 4.79 Å². The Labute approximate surface area is 124 Å². The maximum absolute atomic E-state index is 12.7. The van der Waals surface area contributed by atoms with E-state index in [4.69, 9.17) is 0 Å². The number of sulfonamides is 1. The van der Waals surface area contributed by atoms with Gasteiger partial charge in [0.05, 0.1) is 4.90 Å². The third kappa shape index (κ3) is 2.89. The average Bonchev–Trinajstić information content (AvgIpc) is 2.72. The van der Waals surface area contributed by atoms with Crippen LogP contribution >= 0.6 is 0 Å². The van der Waals surface area contributed by atoms with Gasteiger partial charge >= 0.3 is 0 Å². The minimum atomic E-state index is -3.54. The molecular formula is C14H19N3O3S. The SMILES string of the molecule is O=C1CCN(S(=O)(=O)c2ccc3c(c2)NCCC3)CCN1. The first-order chi connectivity index (χ1) is 10.1. The second-order valence-corrected chi connectivity index (χ2v) is 7.29. The quantitative estimate of drug-likeness (QED) is 0.836. The number of carbonyl (C=O) groups excluding carboxylic acids is 1. The number of nitrogens with one attached hydrogen (secondary N) is 2. The van der Waals surface area contributed by atoms with Crippen molar-refractivity contribution in [3.05, 3.63) is 23.8 Å². The lowest BCUT2D eigenvalue weighted by atomic mass is 10.0. The number of rotatable bonds is 2. The highest BCUT2D eigenvalue weighted by atomic mass is 32.2. The summed E-state index contributed by atoms with van der Waals surface area (Å²) in [6.07, 6.45) is 2.26. The summed E-state index contributed by atoms with van der Waals surface area (Å²) in [7, 11) is -3.54. The minimum absolute atomic E-state index is 0.0974. The second-order valence-electron chi connectivity index (χ2n) is 5.35. The lowest BCUT2D eigenvalue weighted by Gasteiger charge is -2.22. The van der Waals surface area contributed by atoms with E-state index in [1.165, 1.54) is 4.31 Å². The molecule has 1 saturated heterocycles. The van der Waals surface area contributed by atoms with Crippen LogP contribution in [0.4, 0.5) is 5.69 Å². The molecule has 21 heavy (non-hydrogen) atoms. The van der Waals surface area contributed by atoms with E-state index >= 15 is 0 Å². The zero-order valence-corrected chi connectivity index (χ0v) is 12.6. The monoisotopic (exact) mass is 309 g/mol. The highest BCUT2D eigenvalue weighted by molar-refractivity contribution is 7.89. The van der Waals surface area contributed by atoms with Gasteiger partial charge in [0.1, 0.15) is 0 Å². The van der Waals surface area contributed by atoms with Crippen molar-refractivity contribution in [1.82, 2.24) is 9.62 Å². The highest BCUT2D eigenvalue weighted by Gasteiger charge is 2.27. The zero-order valence-electron chi connectivity index (χ0n) is 11.8. The Kier molecular flexibility index (Phi) is 3.86. The molecule has 0 bridgehead atoms. The molecule has 6 nitrogen and oxygen atoms in total. The number of aryl methyl sites for hydroxylation is 1. The Bertz CT molecular complexity index is 657. The fourth-order valence-electron chi connectivity index (χ4n) is 2.74. The van der Waals surface area contributed by atoms with Gasteiger partial charge in [-0.05, 0) is 30.5 Å². The van der Waals surface area contributed by atoms with Crippen molar-refractivity contribution >= 4 is 21.6 Å². The number of fused-ring (bicyclic) bond motifs is 1. The molecule has 3 rings (SSSR count). The van der Waals surface area contributed by atoms with Crippen molar-refractivity contribution in [2.75, 3.05) is 31.5 Å². The van der Waals surface area contributed by atoms with E-state index in [-0.39, 0.29) is 18.9 Å². The van der Waals surface area contributed by atoms with Crippen LogP contribution in [-0.4, -0.2) is 44.8 Å². The van der Waals surface area contributed by atoms with Crippen LogP contribution in [0.15, 0.2) is 23.1 Å². The number of hydrogen-bond acceptors (Lipinski definition) is 4. The van der Waals surface area contributed by atoms with Crippen LogP contribution in [-0.2, 0) is 21.2 Å². The lowest BCUT2D eigenvalue weighted by Crippen LogP contribution is -2.34. The minimum Gasteiger partial charge on any atom is -0.385 e. The summed E-state index contributed by atoms with van der Waals surface area (Å²) in [5.41, 5.74) is 2.07. The third-order valence-corrected chi connectivity index (χ3v) is 5.82. The molecular weight excluding hydrogens is 290 g/mol. The molecule has 0 spiro atoms. The molecule has 2 aliphatic rings. The molecule has 0 radical (unpaired) electrons. The van der Waals surface area contributed by atoms with E-state index in [0.717, 1.165) is 30.6 Å². The molecule has 0 aliphatic carbocycles. The van der Waals surface area contributed by atoms with Gasteiger partial charge < -0.3 is 10.6 Å². The van der Waals surface area contributed by atoms with Crippen LogP contribution in [0.5, 0.6) is 0 Å². The third-order valence-electron chi connectivity index (χ3n) is 3.93. The standard InChI is InChI=1S/C14H19N3O3S/c18-14-5-8-17(9-7-16-14)21(19,20)12-4-3-11-2-1-6-15-13(11)10-12/h3-4,10,15H,1-2,5-9H2,(H,16,18). The van der Waals surface area contributed by atoms with Gasteiger partial charge in [0, 0.05) is 38.3 Å². The van der Waals surface area contributed by atoms with E-state index in [2.05, 4.69) is 10.6 Å². The number of anilines is 1. The number of nitrogens with zero attached hydrogens (tertiary/aromatic N) is 1. The van der Waals surface area contributed by atoms with Crippen LogP contribution in [0.1, 0.15) is 18.4 Å². The summed E-state index contributed by atoms with van der Waals surface area (Å²) >= 11 is 0. The fraction of sp³-hybridized carbons (Fsp3) is 0.500. The molecule has 1 fully saturated rings. The summed E-state index contributed by atoms with van der Waals surface area (Å²) < 4.78 is 26.8. The second kappa shape index (κ2) is 5.65. The Hall–Kier alpha value is -1.60.